The molecule has 2 aromatic carbocycles. The maximum absolute atomic E-state index is 13.6. The minimum Gasteiger partial charge on any atom is -0.206 e. The summed E-state index contributed by atoms with van der Waals surface area (Å²) in [7, 11) is 0. The van der Waals surface area contributed by atoms with Gasteiger partial charge in [-0.2, -0.15) is 0 Å². The zero-order chi connectivity index (χ0) is 18.5. The van der Waals surface area contributed by atoms with E-state index in [0.717, 1.165) is 17.5 Å². The maximum atomic E-state index is 13.6. The first-order chi connectivity index (χ1) is 12.6. The molecule has 0 unspecified atom stereocenters. The Kier molecular flexibility index (Phi) is 6.04. The summed E-state index contributed by atoms with van der Waals surface area (Å²) in [4.78, 5) is 0. The lowest BCUT2D eigenvalue weighted by Crippen LogP contribution is -2.13. The van der Waals surface area contributed by atoms with Gasteiger partial charge in [-0.1, -0.05) is 43.7 Å². The van der Waals surface area contributed by atoms with Crippen LogP contribution < -0.4 is 0 Å². The minimum atomic E-state index is -1.20. The van der Waals surface area contributed by atoms with Gasteiger partial charge in [0.25, 0.3) is 0 Å². The molecule has 3 heteroatoms. The van der Waals surface area contributed by atoms with Gasteiger partial charge in [-0.15, -0.1) is 0 Å². The van der Waals surface area contributed by atoms with Gasteiger partial charge in [0, 0.05) is 11.6 Å². The predicted molar refractivity (Wildman–Crippen MR) is 98.3 cm³/mol. The van der Waals surface area contributed by atoms with Gasteiger partial charge in [0.2, 0.25) is 0 Å². The van der Waals surface area contributed by atoms with Crippen molar-refractivity contribution < 1.29 is 13.2 Å². The zero-order valence-electron chi connectivity index (χ0n) is 15.0. The highest BCUT2D eigenvalue weighted by Crippen LogP contribution is 2.37. The van der Waals surface area contributed by atoms with Crippen LogP contribution in [0, 0.1) is 35.2 Å². The van der Waals surface area contributed by atoms with Crippen LogP contribution >= 0.6 is 0 Å². The number of halogens is 3. The van der Waals surface area contributed by atoms with Gasteiger partial charge >= 0.3 is 0 Å². The minimum absolute atomic E-state index is 0.137. The molecule has 0 nitrogen and oxygen atoms in total. The van der Waals surface area contributed by atoms with Crippen LogP contribution in [-0.2, 0) is 0 Å². The summed E-state index contributed by atoms with van der Waals surface area (Å²) >= 11 is 0. The molecule has 1 fully saturated rings. The standard InChI is InChI=1S/C23H23F3/c1-2-3-16-4-9-18(10-5-16)19-11-6-17(7-12-19)8-13-20-14-22(25)23(26)15-21(20)24/h6-7,11-12,14-16,18H,2-5,9-10H2,1H3/t16-,18-. The van der Waals surface area contributed by atoms with Gasteiger partial charge in [-0.3, -0.25) is 0 Å². The smallest absolute Gasteiger partial charge is 0.161 e. The molecule has 0 bridgehead atoms. The Bertz CT molecular complexity index is 804. The van der Waals surface area contributed by atoms with Crippen LogP contribution in [0.3, 0.4) is 0 Å². The fourth-order valence-corrected chi connectivity index (χ4v) is 3.79. The summed E-state index contributed by atoms with van der Waals surface area (Å²) in [6.07, 6.45) is 7.67. The molecule has 0 saturated heterocycles. The lowest BCUT2D eigenvalue weighted by Gasteiger charge is -2.28. The van der Waals surface area contributed by atoms with Crippen LogP contribution in [0.4, 0.5) is 13.2 Å². The molecule has 2 aromatic rings. The van der Waals surface area contributed by atoms with Gasteiger partial charge in [0.1, 0.15) is 5.82 Å². The third-order valence-corrected chi connectivity index (χ3v) is 5.28. The summed E-state index contributed by atoms with van der Waals surface area (Å²) in [6.45, 7) is 2.25. The first-order valence-electron chi connectivity index (χ1n) is 9.33. The molecule has 26 heavy (non-hydrogen) atoms. The molecule has 0 atom stereocenters. The Morgan fingerprint density at radius 2 is 1.50 bits per heavy atom. The Morgan fingerprint density at radius 3 is 2.15 bits per heavy atom. The molecule has 0 amide bonds. The molecule has 0 aliphatic heterocycles. The van der Waals surface area contributed by atoms with E-state index in [4.69, 9.17) is 0 Å². The lowest BCUT2D eigenvalue weighted by atomic mass is 9.77. The molecule has 0 aromatic heterocycles. The first kappa shape index (κ1) is 18.6. The van der Waals surface area contributed by atoms with E-state index in [-0.39, 0.29) is 5.56 Å². The number of hydrogen-bond donors (Lipinski definition) is 0. The molecule has 3 rings (SSSR count). The highest BCUT2D eigenvalue weighted by molar-refractivity contribution is 5.44. The quantitative estimate of drug-likeness (QED) is 0.430. The van der Waals surface area contributed by atoms with Gasteiger partial charge in [-0.05, 0) is 61.3 Å². The van der Waals surface area contributed by atoms with Crippen molar-refractivity contribution in [2.75, 3.05) is 0 Å². The Morgan fingerprint density at radius 1 is 0.846 bits per heavy atom. The van der Waals surface area contributed by atoms with E-state index in [1.54, 1.807) is 0 Å². The van der Waals surface area contributed by atoms with Crippen molar-refractivity contribution in [2.24, 2.45) is 5.92 Å². The van der Waals surface area contributed by atoms with E-state index in [2.05, 4.69) is 30.9 Å². The SMILES string of the molecule is CCC[C@H]1CC[C@H](c2ccc(C#Cc3cc(F)c(F)cc3F)cc2)CC1. The summed E-state index contributed by atoms with van der Waals surface area (Å²) < 4.78 is 39.8. The van der Waals surface area contributed by atoms with E-state index in [1.165, 1.54) is 44.1 Å². The number of rotatable bonds is 3. The molecular weight excluding hydrogens is 333 g/mol. The van der Waals surface area contributed by atoms with Crippen LogP contribution in [0.1, 0.15) is 68.1 Å². The fraction of sp³-hybridized carbons (Fsp3) is 0.391. The Labute approximate surface area is 153 Å². The first-order valence-corrected chi connectivity index (χ1v) is 9.33. The van der Waals surface area contributed by atoms with Crippen LogP contribution in [0.15, 0.2) is 36.4 Å². The molecule has 1 saturated carbocycles. The van der Waals surface area contributed by atoms with Gasteiger partial charge in [0.15, 0.2) is 11.6 Å². The van der Waals surface area contributed by atoms with Crippen molar-refractivity contribution in [3.05, 3.63) is 70.5 Å². The zero-order valence-corrected chi connectivity index (χ0v) is 15.0. The molecule has 136 valence electrons. The summed E-state index contributed by atoms with van der Waals surface area (Å²) in [5.74, 6) is 3.75. The molecule has 1 aliphatic carbocycles. The molecule has 0 N–H and O–H groups in total. The van der Waals surface area contributed by atoms with Gasteiger partial charge < -0.3 is 0 Å². The topological polar surface area (TPSA) is 0 Å². The molecular formula is C23H23F3. The van der Waals surface area contributed by atoms with E-state index in [0.29, 0.717) is 12.0 Å². The second-order valence-corrected chi connectivity index (χ2v) is 7.12. The van der Waals surface area contributed by atoms with Crippen LogP contribution in [0.25, 0.3) is 0 Å². The van der Waals surface area contributed by atoms with Crippen molar-refractivity contribution in [3.63, 3.8) is 0 Å². The average Bonchev–Trinajstić information content (AvgIpc) is 2.65. The van der Waals surface area contributed by atoms with Gasteiger partial charge in [-0.25, -0.2) is 13.2 Å². The van der Waals surface area contributed by atoms with Gasteiger partial charge in [0.05, 0.1) is 5.56 Å². The van der Waals surface area contributed by atoms with Crippen molar-refractivity contribution in [2.45, 2.75) is 51.4 Å². The van der Waals surface area contributed by atoms with Crippen molar-refractivity contribution in [3.8, 4) is 11.8 Å². The highest BCUT2D eigenvalue weighted by Gasteiger charge is 2.21. The summed E-state index contributed by atoms with van der Waals surface area (Å²) in [6, 6.07) is 9.31. The summed E-state index contributed by atoms with van der Waals surface area (Å²) in [5.41, 5.74) is 1.92. The lowest BCUT2D eigenvalue weighted by molar-refractivity contribution is 0.308. The van der Waals surface area contributed by atoms with E-state index in [1.807, 2.05) is 12.1 Å². The van der Waals surface area contributed by atoms with E-state index >= 15 is 0 Å². The van der Waals surface area contributed by atoms with Crippen molar-refractivity contribution >= 4 is 0 Å². The third-order valence-electron chi connectivity index (χ3n) is 5.28. The average molecular weight is 356 g/mol. The third kappa shape index (κ3) is 4.49. The number of benzene rings is 2. The normalized spacial score (nSPS) is 19.7. The summed E-state index contributed by atoms with van der Waals surface area (Å²) in [5, 5.41) is 0. The van der Waals surface area contributed by atoms with E-state index in [9.17, 15) is 13.2 Å². The Hall–Kier alpha value is -2.21. The van der Waals surface area contributed by atoms with Crippen LogP contribution in [0.2, 0.25) is 0 Å². The largest absolute Gasteiger partial charge is 0.206 e. The van der Waals surface area contributed by atoms with Crippen molar-refractivity contribution in [1.82, 2.24) is 0 Å². The fourth-order valence-electron chi connectivity index (χ4n) is 3.79. The Balaban J connectivity index is 1.67. The predicted octanol–water partition coefficient (Wildman–Crippen LogP) is 6.58. The maximum Gasteiger partial charge on any atom is 0.161 e. The van der Waals surface area contributed by atoms with Crippen LogP contribution in [-0.4, -0.2) is 0 Å². The van der Waals surface area contributed by atoms with E-state index < -0.39 is 17.5 Å². The molecule has 0 spiro atoms. The number of hydrogen-bond acceptors (Lipinski definition) is 0. The second-order valence-electron chi connectivity index (χ2n) is 7.12. The molecule has 0 radical (unpaired) electrons. The molecule has 0 heterocycles. The highest BCUT2D eigenvalue weighted by atomic mass is 19.2. The van der Waals surface area contributed by atoms with Crippen molar-refractivity contribution in [1.29, 1.82) is 0 Å². The monoisotopic (exact) mass is 356 g/mol. The van der Waals surface area contributed by atoms with Crippen LogP contribution in [0.5, 0.6) is 0 Å². The second kappa shape index (κ2) is 8.45. The molecule has 1 aliphatic rings.